The van der Waals surface area contributed by atoms with Gasteiger partial charge in [0.15, 0.2) is 0 Å². The summed E-state index contributed by atoms with van der Waals surface area (Å²) in [5.74, 6) is -0.884. The van der Waals surface area contributed by atoms with E-state index >= 15 is 0 Å². The summed E-state index contributed by atoms with van der Waals surface area (Å²) in [6.07, 6.45) is 0. The molecule has 0 unspecified atom stereocenters. The third-order valence-electron chi connectivity index (χ3n) is 4.81. The number of piperazine rings is 1. The number of benzene rings is 2. The molecule has 0 spiro atoms. The monoisotopic (exact) mass is 401 g/mol. The largest absolute Gasteiger partial charge is 0.368 e. The Kier molecular flexibility index (Phi) is 4.81. The van der Waals surface area contributed by atoms with Gasteiger partial charge in [-0.1, -0.05) is 41.4 Å². The van der Waals surface area contributed by atoms with Crippen LogP contribution in [-0.2, 0) is 9.59 Å². The van der Waals surface area contributed by atoms with Crippen LogP contribution in [-0.4, -0.2) is 42.9 Å². The molecule has 5 nitrogen and oxygen atoms in total. The van der Waals surface area contributed by atoms with E-state index in [0.29, 0.717) is 23.8 Å². The van der Waals surface area contributed by atoms with Crippen molar-refractivity contribution >= 4 is 46.4 Å². The normalized spacial score (nSPS) is 17.9. The van der Waals surface area contributed by atoms with Crippen LogP contribution in [0.3, 0.4) is 0 Å². The average Bonchev–Trinajstić information content (AvgIpc) is 2.92. The number of hydrogen-bond donors (Lipinski definition) is 0. The summed E-state index contributed by atoms with van der Waals surface area (Å²) >= 11 is 12.2. The van der Waals surface area contributed by atoms with Crippen LogP contribution in [0.2, 0.25) is 5.02 Å². The van der Waals surface area contributed by atoms with Gasteiger partial charge in [0.05, 0.1) is 5.69 Å². The van der Waals surface area contributed by atoms with Crippen LogP contribution in [0.4, 0.5) is 11.4 Å². The number of halogens is 2. The van der Waals surface area contributed by atoms with Crippen LogP contribution >= 0.6 is 23.2 Å². The van der Waals surface area contributed by atoms with Gasteiger partial charge in [0.25, 0.3) is 11.8 Å². The summed E-state index contributed by atoms with van der Waals surface area (Å²) in [5, 5.41) is 0.511. The number of rotatable bonds is 3. The van der Waals surface area contributed by atoms with Crippen molar-refractivity contribution in [2.24, 2.45) is 0 Å². The fraction of sp³-hybridized carbons (Fsp3) is 0.200. The van der Waals surface area contributed by atoms with Crippen LogP contribution in [0.5, 0.6) is 0 Å². The van der Waals surface area contributed by atoms with Gasteiger partial charge in [0.1, 0.15) is 10.7 Å². The Morgan fingerprint density at radius 3 is 1.89 bits per heavy atom. The van der Waals surface area contributed by atoms with E-state index in [0.717, 1.165) is 23.7 Å². The molecule has 0 bridgehead atoms. The number of carbonyl (C=O) groups excluding carboxylic acids is 2. The van der Waals surface area contributed by atoms with Gasteiger partial charge in [0.2, 0.25) is 0 Å². The van der Waals surface area contributed by atoms with E-state index in [1.165, 1.54) is 0 Å². The lowest BCUT2D eigenvalue weighted by Gasteiger charge is -2.37. The van der Waals surface area contributed by atoms with Gasteiger partial charge in [-0.2, -0.15) is 0 Å². The Morgan fingerprint density at radius 1 is 0.667 bits per heavy atom. The lowest BCUT2D eigenvalue weighted by molar-refractivity contribution is -0.121. The smallest absolute Gasteiger partial charge is 0.283 e. The minimum absolute atomic E-state index is 0.0249. The molecule has 2 aromatic rings. The number of anilines is 2. The molecule has 1 saturated heterocycles. The van der Waals surface area contributed by atoms with Crippen molar-refractivity contribution in [3.63, 3.8) is 0 Å². The fourth-order valence-corrected chi connectivity index (χ4v) is 3.83. The number of amides is 2. The Labute approximate surface area is 167 Å². The maximum Gasteiger partial charge on any atom is 0.283 e. The Hall–Kier alpha value is -2.50. The first-order valence-corrected chi connectivity index (χ1v) is 9.41. The van der Waals surface area contributed by atoms with Gasteiger partial charge < -0.3 is 9.80 Å². The number of carbonyl (C=O) groups is 2. The first kappa shape index (κ1) is 17.9. The van der Waals surface area contributed by atoms with E-state index in [4.69, 9.17) is 23.2 Å². The average molecular weight is 402 g/mol. The van der Waals surface area contributed by atoms with E-state index in [9.17, 15) is 9.59 Å². The molecule has 4 rings (SSSR count). The molecule has 2 heterocycles. The molecule has 27 heavy (non-hydrogen) atoms. The molecule has 2 aromatic carbocycles. The zero-order valence-electron chi connectivity index (χ0n) is 14.4. The van der Waals surface area contributed by atoms with Crippen LogP contribution in [0.15, 0.2) is 65.3 Å². The van der Waals surface area contributed by atoms with Gasteiger partial charge in [0, 0.05) is 36.9 Å². The van der Waals surface area contributed by atoms with E-state index in [-0.39, 0.29) is 16.6 Å². The van der Waals surface area contributed by atoms with Gasteiger partial charge in [-0.25, -0.2) is 4.90 Å². The third-order valence-corrected chi connectivity index (χ3v) is 5.40. The molecule has 0 N–H and O–H groups in total. The van der Waals surface area contributed by atoms with E-state index in [1.807, 2.05) is 23.1 Å². The summed E-state index contributed by atoms with van der Waals surface area (Å²) < 4.78 is 0. The summed E-state index contributed by atoms with van der Waals surface area (Å²) in [4.78, 5) is 30.8. The van der Waals surface area contributed by atoms with Gasteiger partial charge in [-0.3, -0.25) is 9.59 Å². The highest BCUT2D eigenvalue weighted by molar-refractivity contribution is 6.52. The number of nitrogens with zero attached hydrogens (tertiary/aromatic N) is 3. The van der Waals surface area contributed by atoms with E-state index in [1.54, 1.807) is 24.3 Å². The zero-order valence-corrected chi connectivity index (χ0v) is 16.0. The summed E-state index contributed by atoms with van der Waals surface area (Å²) in [6, 6.07) is 16.7. The lowest BCUT2D eigenvalue weighted by atomic mass is 10.2. The molecule has 2 amide bonds. The summed E-state index contributed by atoms with van der Waals surface area (Å²) in [7, 11) is 0. The molecule has 2 aliphatic heterocycles. The van der Waals surface area contributed by atoms with Crippen LogP contribution in [0.1, 0.15) is 0 Å². The topological polar surface area (TPSA) is 43.9 Å². The molecule has 0 atom stereocenters. The van der Waals surface area contributed by atoms with Crippen molar-refractivity contribution in [1.82, 2.24) is 4.90 Å². The Bertz CT molecular complexity index is 905. The minimum Gasteiger partial charge on any atom is -0.368 e. The third kappa shape index (κ3) is 3.29. The molecule has 7 heteroatoms. The second-order valence-electron chi connectivity index (χ2n) is 6.39. The minimum atomic E-state index is -0.496. The second-order valence-corrected chi connectivity index (χ2v) is 7.21. The molecular formula is C20H17Cl2N3O2. The first-order valence-electron chi connectivity index (χ1n) is 8.65. The molecule has 2 aliphatic rings. The Balaban J connectivity index is 1.51. The Morgan fingerprint density at radius 2 is 1.26 bits per heavy atom. The number of hydrogen-bond acceptors (Lipinski definition) is 4. The number of imide groups is 1. The zero-order chi connectivity index (χ0) is 19.0. The van der Waals surface area contributed by atoms with Crippen molar-refractivity contribution in [2.45, 2.75) is 0 Å². The van der Waals surface area contributed by atoms with Crippen molar-refractivity contribution in [2.75, 3.05) is 36.0 Å². The van der Waals surface area contributed by atoms with Gasteiger partial charge in [-0.15, -0.1) is 0 Å². The standard InChI is InChI=1S/C20H17Cl2N3O2/c21-14-6-8-16(9-7-14)25-19(26)17(22)18(20(25)27)24-12-10-23(11-13-24)15-4-2-1-3-5-15/h1-9H,10-13H2. The fourth-order valence-electron chi connectivity index (χ4n) is 3.42. The van der Waals surface area contributed by atoms with Crippen LogP contribution in [0, 0.1) is 0 Å². The molecule has 1 fully saturated rings. The molecule has 138 valence electrons. The predicted octanol–water partition coefficient (Wildman–Crippen LogP) is 3.49. The van der Waals surface area contributed by atoms with Gasteiger partial charge in [-0.05, 0) is 36.4 Å². The predicted molar refractivity (Wildman–Crippen MR) is 107 cm³/mol. The summed E-state index contributed by atoms with van der Waals surface area (Å²) in [5.41, 5.74) is 1.89. The highest BCUT2D eigenvalue weighted by Gasteiger charge is 2.41. The van der Waals surface area contributed by atoms with Crippen LogP contribution < -0.4 is 9.80 Å². The molecule has 0 radical (unpaired) electrons. The summed E-state index contributed by atoms with van der Waals surface area (Å²) in [6.45, 7) is 2.74. The van der Waals surface area contributed by atoms with Crippen molar-refractivity contribution < 1.29 is 9.59 Å². The lowest BCUT2D eigenvalue weighted by Crippen LogP contribution is -2.47. The van der Waals surface area contributed by atoms with Crippen molar-refractivity contribution in [3.8, 4) is 0 Å². The van der Waals surface area contributed by atoms with E-state index in [2.05, 4.69) is 17.0 Å². The van der Waals surface area contributed by atoms with Crippen molar-refractivity contribution in [1.29, 1.82) is 0 Å². The molecule has 0 aliphatic carbocycles. The van der Waals surface area contributed by atoms with Gasteiger partial charge >= 0.3 is 0 Å². The molecule has 0 saturated carbocycles. The highest BCUT2D eigenvalue weighted by atomic mass is 35.5. The maximum atomic E-state index is 12.9. The van der Waals surface area contributed by atoms with E-state index < -0.39 is 5.91 Å². The second kappa shape index (κ2) is 7.25. The SMILES string of the molecule is O=C1C(Cl)=C(N2CCN(c3ccccc3)CC2)C(=O)N1c1ccc(Cl)cc1. The molecular weight excluding hydrogens is 385 g/mol. The molecule has 0 aromatic heterocycles. The van der Waals surface area contributed by atoms with Crippen molar-refractivity contribution in [3.05, 3.63) is 70.3 Å². The maximum absolute atomic E-state index is 12.9. The van der Waals surface area contributed by atoms with Crippen LogP contribution in [0.25, 0.3) is 0 Å². The first-order chi connectivity index (χ1) is 13.1. The quantitative estimate of drug-likeness (QED) is 0.738. The number of para-hydroxylation sites is 1. The highest BCUT2D eigenvalue weighted by Crippen LogP contribution is 2.32.